The third-order valence-electron chi connectivity index (χ3n) is 4.05. The van der Waals surface area contributed by atoms with Gasteiger partial charge in [-0.25, -0.2) is 4.79 Å². The van der Waals surface area contributed by atoms with E-state index < -0.39 is 5.97 Å². The van der Waals surface area contributed by atoms with Crippen molar-refractivity contribution in [1.29, 1.82) is 0 Å². The van der Waals surface area contributed by atoms with Crippen LogP contribution in [0.5, 0.6) is 0 Å². The highest BCUT2D eigenvalue weighted by Gasteiger charge is 2.17. The van der Waals surface area contributed by atoms with Crippen LogP contribution in [0.1, 0.15) is 28.4 Å². The van der Waals surface area contributed by atoms with Gasteiger partial charge < -0.3 is 15.0 Å². The molecule has 0 atom stereocenters. The maximum absolute atomic E-state index is 12.4. The SMILES string of the molecule is COC(=O)c1cccc(N(CC(=O)Nc2ccc(C)c(C)c2)C(C)=O)c1. The van der Waals surface area contributed by atoms with Crippen LogP contribution in [0.2, 0.25) is 0 Å². The number of anilines is 2. The molecule has 0 aliphatic carbocycles. The van der Waals surface area contributed by atoms with Gasteiger partial charge in [-0.1, -0.05) is 12.1 Å². The molecular weight excluding hydrogens is 332 g/mol. The molecule has 136 valence electrons. The molecule has 2 aromatic carbocycles. The van der Waals surface area contributed by atoms with Gasteiger partial charge >= 0.3 is 5.97 Å². The van der Waals surface area contributed by atoms with Crippen molar-refractivity contribution in [3.8, 4) is 0 Å². The number of carbonyl (C=O) groups is 3. The van der Waals surface area contributed by atoms with E-state index in [9.17, 15) is 14.4 Å². The molecule has 1 N–H and O–H groups in total. The minimum absolute atomic E-state index is 0.160. The zero-order valence-electron chi connectivity index (χ0n) is 15.3. The Kier molecular flexibility index (Phi) is 6.11. The molecule has 0 radical (unpaired) electrons. The van der Waals surface area contributed by atoms with Gasteiger partial charge in [-0.2, -0.15) is 0 Å². The first-order valence-corrected chi connectivity index (χ1v) is 8.15. The second-order valence-electron chi connectivity index (χ2n) is 5.99. The predicted molar refractivity (Wildman–Crippen MR) is 100 cm³/mol. The zero-order valence-corrected chi connectivity index (χ0v) is 15.3. The summed E-state index contributed by atoms with van der Waals surface area (Å²) in [5, 5.41) is 2.79. The van der Waals surface area contributed by atoms with Crippen LogP contribution in [0.4, 0.5) is 11.4 Å². The van der Waals surface area contributed by atoms with Gasteiger partial charge in [-0.3, -0.25) is 9.59 Å². The molecule has 0 unspecified atom stereocenters. The van der Waals surface area contributed by atoms with Crippen LogP contribution in [0, 0.1) is 13.8 Å². The number of esters is 1. The molecule has 26 heavy (non-hydrogen) atoms. The summed E-state index contributed by atoms with van der Waals surface area (Å²) >= 11 is 0. The molecule has 0 spiro atoms. The lowest BCUT2D eigenvalue weighted by molar-refractivity contribution is -0.120. The van der Waals surface area contributed by atoms with Crippen molar-refractivity contribution < 1.29 is 19.1 Å². The third kappa shape index (κ3) is 4.69. The van der Waals surface area contributed by atoms with Crippen molar-refractivity contribution in [2.45, 2.75) is 20.8 Å². The van der Waals surface area contributed by atoms with E-state index in [2.05, 4.69) is 5.32 Å². The fourth-order valence-corrected chi connectivity index (χ4v) is 2.47. The largest absolute Gasteiger partial charge is 0.465 e. The van der Waals surface area contributed by atoms with Crippen molar-refractivity contribution >= 4 is 29.2 Å². The molecule has 0 aliphatic rings. The van der Waals surface area contributed by atoms with Gasteiger partial charge in [-0.15, -0.1) is 0 Å². The number of methoxy groups -OCH3 is 1. The molecule has 0 heterocycles. The number of aryl methyl sites for hydroxylation is 2. The topological polar surface area (TPSA) is 75.7 Å². The summed E-state index contributed by atoms with van der Waals surface area (Å²) in [6.45, 7) is 5.17. The Morgan fingerprint density at radius 3 is 2.38 bits per heavy atom. The molecule has 6 nitrogen and oxygen atoms in total. The summed E-state index contributed by atoms with van der Waals surface area (Å²) < 4.78 is 4.69. The number of hydrogen-bond acceptors (Lipinski definition) is 4. The maximum atomic E-state index is 12.4. The molecule has 0 bridgehead atoms. The van der Waals surface area contributed by atoms with E-state index in [1.807, 2.05) is 32.0 Å². The van der Waals surface area contributed by atoms with E-state index >= 15 is 0 Å². The van der Waals surface area contributed by atoms with Crippen molar-refractivity contribution in [3.63, 3.8) is 0 Å². The molecule has 0 saturated carbocycles. The first-order valence-electron chi connectivity index (χ1n) is 8.15. The first-order chi connectivity index (χ1) is 12.3. The van der Waals surface area contributed by atoms with E-state index in [4.69, 9.17) is 4.74 Å². The van der Waals surface area contributed by atoms with Gasteiger partial charge in [-0.05, 0) is 55.3 Å². The van der Waals surface area contributed by atoms with E-state index in [1.165, 1.54) is 25.0 Å². The van der Waals surface area contributed by atoms with E-state index in [0.29, 0.717) is 16.9 Å². The summed E-state index contributed by atoms with van der Waals surface area (Å²) in [7, 11) is 1.29. The molecule has 6 heteroatoms. The number of hydrogen-bond donors (Lipinski definition) is 1. The quantitative estimate of drug-likeness (QED) is 0.837. The number of nitrogens with zero attached hydrogens (tertiary/aromatic N) is 1. The molecule has 2 rings (SSSR count). The fourth-order valence-electron chi connectivity index (χ4n) is 2.47. The number of amides is 2. The third-order valence-corrected chi connectivity index (χ3v) is 4.05. The number of carbonyl (C=O) groups excluding carboxylic acids is 3. The van der Waals surface area contributed by atoms with Gasteiger partial charge in [0.1, 0.15) is 6.54 Å². The van der Waals surface area contributed by atoms with Crippen LogP contribution in [-0.2, 0) is 14.3 Å². The summed E-state index contributed by atoms with van der Waals surface area (Å²) in [6.07, 6.45) is 0. The molecule has 0 aliphatic heterocycles. The molecule has 0 saturated heterocycles. The average Bonchev–Trinajstić information content (AvgIpc) is 2.62. The zero-order chi connectivity index (χ0) is 19.3. The average molecular weight is 354 g/mol. The Balaban J connectivity index is 2.17. The molecule has 2 amide bonds. The van der Waals surface area contributed by atoms with Gasteiger partial charge in [0.25, 0.3) is 0 Å². The lowest BCUT2D eigenvalue weighted by Crippen LogP contribution is -2.36. The van der Waals surface area contributed by atoms with Crippen molar-refractivity contribution in [3.05, 3.63) is 59.2 Å². The number of nitrogens with one attached hydrogen (secondary N) is 1. The smallest absolute Gasteiger partial charge is 0.337 e. The lowest BCUT2D eigenvalue weighted by atomic mass is 10.1. The standard InChI is InChI=1S/C20H22N2O4/c1-13-8-9-17(10-14(13)2)21-19(24)12-22(15(3)23)18-7-5-6-16(11-18)20(25)26-4/h5-11H,12H2,1-4H3,(H,21,24). The van der Waals surface area contributed by atoms with Crippen molar-refractivity contribution in [2.24, 2.45) is 0 Å². The minimum Gasteiger partial charge on any atom is -0.465 e. The van der Waals surface area contributed by atoms with Crippen LogP contribution in [-0.4, -0.2) is 31.4 Å². The lowest BCUT2D eigenvalue weighted by Gasteiger charge is -2.21. The molecule has 2 aromatic rings. The Labute approximate surface area is 152 Å². The van der Waals surface area contributed by atoms with Crippen molar-refractivity contribution in [1.82, 2.24) is 0 Å². The molecule has 0 aromatic heterocycles. The summed E-state index contributed by atoms with van der Waals surface area (Å²) in [5.74, 6) is -1.14. The highest BCUT2D eigenvalue weighted by atomic mass is 16.5. The predicted octanol–water partition coefficient (Wildman–Crippen LogP) is 3.08. The van der Waals surface area contributed by atoms with E-state index in [-0.39, 0.29) is 18.4 Å². The van der Waals surface area contributed by atoms with E-state index in [0.717, 1.165) is 11.1 Å². The summed E-state index contributed by atoms with van der Waals surface area (Å²) in [4.78, 5) is 37.4. The number of ether oxygens (including phenoxy) is 1. The molecule has 0 fully saturated rings. The van der Waals surface area contributed by atoms with Gasteiger partial charge in [0, 0.05) is 18.3 Å². The highest BCUT2D eigenvalue weighted by Crippen LogP contribution is 2.18. The Morgan fingerprint density at radius 1 is 1.04 bits per heavy atom. The van der Waals surface area contributed by atoms with Gasteiger partial charge in [0.2, 0.25) is 11.8 Å². The Hall–Kier alpha value is -3.15. The monoisotopic (exact) mass is 354 g/mol. The second-order valence-corrected chi connectivity index (χ2v) is 5.99. The van der Waals surface area contributed by atoms with E-state index in [1.54, 1.807) is 18.2 Å². The number of rotatable bonds is 5. The summed E-state index contributed by atoms with van der Waals surface area (Å²) in [6, 6.07) is 12.0. The highest BCUT2D eigenvalue weighted by molar-refractivity contribution is 6.02. The van der Waals surface area contributed by atoms with Crippen LogP contribution in [0.15, 0.2) is 42.5 Å². The number of benzene rings is 2. The normalized spacial score (nSPS) is 10.2. The Morgan fingerprint density at radius 2 is 1.77 bits per heavy atom. The molecular formula is C20H22N2O4. The van der Waals surface area contributed by atoms with Gasteiger partial charge in [0.05, 0.1) is 12.7 Å². The summed E-state index contributed by atoms with van der Waals surface area (Å²) in [5.41, 5.74) is 3.64. The first kappa shape index (κ1) is 19.2. The van der Waals surface area contributed by atoms with Crippen LogP contribution >= 0.6 is 0 Å². The van der Waals surface area contributed by atoms with Crippen LogP contribution in [0.25, 0.3) is 0 Å². The maximum Gasteiger partial charge on any atom is 0.337 e. The van der Waals surface area contributed by atoms with Gasteiger partial charge in [0.15, 0.2) is 0 Å². The fraction of sp³-hybridized carbons (Fsp3) is 0.250. The minimum atomic E-state index is -0.505. The van der Waals surface area contributed by atoms with Crippen molar-refractivity contribution in [2.75, 3.05) is 23.9 Å². The van der Waals surface area contributed by atoms with Crippen LogP contribution < -0.4 is 10.2 Å². The Bertz CT molecular complexity index is 845. The second kappa shape index (κ2) is 8.29. The van der Waals surface area contributed by atoms with Crippen LogP contribution in [0.3, 0.4) is 0 Å².